The molecule has 0 unspecified atom stereocenters. The van der Waals surface area contributed by atoms with Crippen molar-refractivity contribution < 1.29 is 32.8 Å². The highest BCUT2D eigenvalue weighted by atomic mass is 19.3. The number of ether oxygens (including phenoxy) is 2. The van der Waals surface area contributed by atoms with E-state index in [4.69, 9.17) is 4.74 Å². The first-order valence-corrected chi connectivity index (χ1v) is 7.99. The fraction of sp³-hybridized carbons (Fsp3) is 0.222. The SMILES string of the molecule is CNc1ccc(C(=O)O[C@H](C)C(=O)c2ccc(OC(F)F)cc2)cc1[N+](=O)[O-]. The van der Waals surface area contributed by atoms with Gasteiger partial charge in [0, 0.05) is 18.7 Å². The van der Waals surface area contributed by atoms with Crippen molar-refractivity contribution in [2.75, 3.05) is 12.4 Å². The summed E-state index contributed by atoms with van der Waals surface area (Å²) in [6.07, 6.45) is -1.20. The molecule has 0 bridgehead atoms. The topological polar surface area (TPSA) is 108 Å². The summed E-state index contributed by atoms with van der Waals surface area (Å²) >= 11 is 0. The quantitative estimate of drug-likeness (QED) is 0.315. The number of alkyl halides is 2. The number of ketones is 1. The van der Waals surface area contributed by atoms with Gasteiger partial charge in [-0.2, -0.15) is 8.78 Å². The van der Waals surface area contributed by atoms with Crippen LogP contribution < -0.4 is 10.1 Å². The number of nitrogens with zero attached hydrogens (tertiary/aromatic N) is 1. The molecule has 0 aliphatic rings. The van der Waals surface area contributed by atoms with E-state index in [1.54, 1.807) is 0 Å². The predicted molar refractivity (Wildman–Crippen MR) is 94.9 cm³/mol. The molecule has 10 heteroatoms. The Morgan fingerprint density at radius 2 is 1.71 bits per heavy atom. The molecule has 8 nitrogen and oxygen atoms in total. The van der Waals surface area contributed by atoms with E-state index in [-0.39, 0.29) is 28.3 Å². The lowest BCUT2D eigenvalue weighted by molar-refractivity contribution is -0.384. The van der Waals surface area contributed by atoms with Gasteiger partial charge in [-0.1, -0.05) is 0 Å². The summed E-state index contributed by atoms with van der Waals surface area (Å²) in [5, 5.41) is 13.7. The molecule has 1 atom stereocenters. The molecule has 0 aliphatic heterocycles. The highest BCUT2D eigenvalue weighted by Gasteiger charge is 2.23. The molecule has 28 heavy (non-hydrogen) atoms. The Bertz CT molecular complexity index is 886. The van der Waals surface area contributed by atoms with Gasteiger partial charge in [0.25, 0.3) is 5.69 Å². The largest absolute Gasteiger partial charge is 0.451 e. The number of carbonyl (C=O) groups is 2. The molecule has 0 aromatic heterocycles. The summed E-state index contributed by atoms with van der Waals surface area (Å²) in [5.41, 5.74) is -0.0632. The Kier molecular flexibility index (Phi) is 6.59. The number of esters is 1. The molecule has 1 N–H and O–H groups in total. The van der Waals surface area contributed by atoms with E-state index in [2.05, 4.69) is 10.1 Å². The fourth-order valence-electron chi connectivity index (χ4n) is 2.34. The number of Topliss-reactive ketones (excluding diaryl/α,β-unsaturated/α-hetero) is 1. The monoisotopic (exact) mass is 394 g/mol. The molecule has 2 aromatic carbocycles. The predicted octanol–water partition coefficient (Wildman–Crippen LogP) is 3.67. The summed E-state index contributed by atoms with van der Waals surface area (Å²) in [4.78, 5) is 35.0. The number of anilines is 1. The first-order chi connectivity index (χ1) is 13.2. The third-order valence-electron chi connectivity index (χ3n) is 3.72. The fourth-order valence-corrected chi connectivity index (χ4v) is 2.34. The Balaban J connectivity index is 2.10. The van der Waals surface area contributed by atoms with E-state index in [1.807, 2.05) is 0 Å². The van der Waals surface area contributed by atoms with E-state index in [1.165, 1.54) is 50.4 Å². The van der Waals surface area contributed by atoms with Gasteiger partial charge in [-0.3, -0.25) is 14.9 Å². The average molecular weight is 394 g/mol. The van der Waals surface area contributed by atoms with Gasteiger partial charge in [-0.25, -0.2) is 4.79 Å². The summed E-state index contributed by atoms with van der Waals surface area (Å²) in [6.45, 7) is -1.65. The first-order valence-electron chi connectivity index (χ1n) is 7.99. The lowest BCUT2D eigenvalue weighted by Gasteiger charge is -2.13. The molecule has 0 amide bonds. The number of carbonyl (C=O) groups excluding carboxylic acids is 2. The molecule has 2 aromatic rings. The standard InChI is InChI=1S/C18H16F2N2O6/c1-10(16(23)11-3-6-13(7-4-11)28-18(19)20)27-17(24)12-5-8-14(21-2)15(9-12)22(25)26/h3-10,18,21H,1-2H3/t10-/m1/s1. The maximum absolute atomic E-state index is 12.3. The molecule has 2 rings (SSSR count). The number of rotatable bonds is 8. The van der Waals surface area contributed by atoms with Crippen LogP contribution >= 0.6 is 0 Å². The van der Waals surface area contributed by atoms with Crippen LogP contribution in [0.3, 0.4) is 0 Å². The van der Waals surface area contributed by atoms with Crippen LogP contribution in [0, 0.1) is 10.1 Å². The minimum Gasteiger partial charge on any atom is -0.451 e. The maximum Gasteiger partial charge on any atom is 0.387 e. The Labute approximate surface area is 158 Å². The van der Waals surface area contributed by atoms with Crippen molar-refractivity contribution in [1.29, 1.82) is 0 Å². The highest BCUT2D eigenvalue weighted by Crippen LogP contribution is 2.25. The minimum atomic E-state index is -2.99. The molecule has 0 radical (unpaired) electrons. The van der Waals surface area contributed by atoms with Crippen molar-refractivity contribution in [2.24, 2.45) is 0 Å². The molecule has 0 heterocycles. The summed E-state index contributed by atoms with van der Waals surface area (Å²) in [7, 11) is 1.50. The third kappa shape index (κ3) is 5.00. The van der Waals surface area contributed by atoms with Crippen molar-refractivity contribution in [3.05, 3.63) is 63.7 Å². The van der Waals surface area contributed by atoms with Crippen molar-refractivity contribution in [2.45, 2.75) is 19.6 Å². The number of nitro benzene ring substituents is 1. The molecule has 0 saturated heterocycles. The minimum absolute atomic E-state index is 0.0916. The Morgan fingerprint density at radius 3 is 2.25 bits per heavy atom. The maximum atomic E-state index is 12.3. The average Bonchev–Trinajstić information content (AvgIpc) is 2.66. The van der Waals surface area contributed by atoms with E-state index in [0.717, 1.165) is 6.07 Å². The zero-order valence-electron chi connectivity index (χ0n) is 14.8. The van der Waals surface area contributed by atoms with Crippen LogP contribution in [0.2, 0.25) is 0 Å². The number of nitrogens with one attached hydrogen (secondary N) is 1. The molecular formula is C18H16F2N2O6. The first kappa shape index (κ1) is 20.7. The van der Waals surface area contributed by atoms with Crippen LogP contribution in [-0.2, 0) is 4.74 Å². The van der Waals surface area contributed by atoms with Crippen LogP contribution in [0.15, 0.2) is 42.5 Å². The third-order valence-corrected chi connectivity index (χ3v) is 3.72. The number of hydrogen-bond donors (Lipinski definition) is 1. The van der Waals surface area contributed by atoms with Gasteiger partial charge in [0.15, 0.2) is 6.10 Å². The van der Waals surface area contributed by atoms with E-state index >= 15 is 0 Å². The lowest BCUT2D eigenvalue weighted by Crippen LogP contribution is -2.24. The normalized spacial score (nSPS) is 11.6. The molecule has 0 spiro atoms. The number of benzene rings is 2. The van der Waals surface area contributed by atoms with Crippen molar-refractivity contribution in [3.63, 3.8) is 0 Å². The van der Waals surface area contributed by atoms with Crippen LogP contribution in [0.5, 0.6) is 5.75 Å². The van der Waals surface area contributed by atoms with Crippen LogP contribution in [0.25, 0.3) is 0 Å². The van der Waals surface area contributed by atoms with E-state index < -0.39 is 29.4 Å². The summed E-state index contributed by atoms with van der Waals surface area (Å²) < 4.78 is 33.6. The van der Waals surface area contributed by atoms with Gasteiger partial charge in [0.05, 0.1) is 10.5 Å². The van der Waals surface area contributed by atoms with Crippen LogP contribution in [-0.4, -0.2) is 36.4 Å². The second kappa shape index (κ2) is 8.89. The van der Waals surface area contributed by atoms with Crippen molar-refractivity contribution >= 4 is 23.1 Å². The van der Waals surface area contributed by atoms with Gasteiger partial charge >= 0.3 is 12.6 Å². The molecular weight excluding hydrogens is 378 g/mol. The number of halogens is 2. The van der Waals surface area contributed by atoms with Gasteiger partial charge < -0.3 is 14.8 Å². The summed E-state index contributed by atoms with van der Waals surface area (Å²) in [5.74, 6) is -1.60. The van der Waals surface area contributed by atoms with Crippen molar-refractivity contribution in [3.8, 4) is 5.75 Å². The van der Waals surface area contributed by atoms with Gasteiger partial charge in [-0.15, -0.1) is 0 Å². The zero-order valence-corrected chi connectivity index (χ0v) is 14.8. The Hall–Kier alpha value is -3.56. The Morgan fingerprint density at radius 1 is 1.11 bits per heavy atom. The second-order valence-corrected chi connectivity index (χ2v) is 5.55. The van der Waals surface area contributed by atoms with Gasteiger partial charge in [0.2, 0.25) is 5.78 Å². The van der Waals surface area contributed by atoms with Gasteiger partial charge in [-0.05, 0) is 43.3 Å². The molecule has 148 valence electrons. The zero-order chi connectivity index (χ0) is 20.8. The molecule has 0 aliphatic carbocycles. The molecule has 0 saturated carbocycles. The van der Waals surface area contributed by atoms with E-state index in [0.29, 0.717) is 0 Å². The van der Waals surface area contributed by atoms with Crippen LogP contribution in [0.1, 0.15) is 27.6 Å². The highest BCUT2D eigenvalue weighted by molar-refractivity contribution is 6.01. The lowest BCUT2D eigenvalue weighted by atomic mass is 10.1. The summed E-state index contributed by atoms with van der Waals surface area (Å²) in [6, 6.07) is 8.62. The molecule has 0 fully saturated rings. The van der Waals surface area contributed by atoms with E-state index in [9.17, 15) is 28.5 Å². The number of hydrogen-bond acceptors (Lipinski definition) is 7. The number of nitro groups is 1. The van der Waals surface area contributed by atoms with Crippen LogP contribution in [0.4, 0.5) is 20.2 Å². The smallest absolute Gasteiger partial charge is 0.387 e. The second-order valence-electron chi connectivity index (χ2n) is 5.55. The van der Waals surface area contributed by atoms with Gasteiger partial charge in [0.1, 0.15) is 11.4 Å². The van der Waals surface area contributed by atoms with Crippen molar-refractivity contribution in [1.82, 2.24) is 0 Å².